The molecular weight excluding hydrogens is 288 g/mol. The van der Waals surface area contributed by atoms with Gasteiger partial charge >= 0.3 is 0 Å². The molecule has 1 aliphatic heterocycles. The van der Waals surface area contributed by atoms with Gasteiger partial charge in [-0.3, -0.25) is 4.79 Å². The van der Waals surface area contributed by atoms with Gasteiger partial charge in [-0.05, 0) is 38.1 Å². The largest absolute Gasteiger partial charge is 0.368 e. The van der Waals surface area contributed by atoms with Crippen molar-refractivity contribution in [2.24, 2.45) is 0 Å². The van der Waals surface area contributed by atoms with Crippen molar-refractivity contribution in [1.82, 2.24) is 10.3 Å². The van der Waals surface area contributed by atoms with E-state index in [0.717, 1.165) is 43.0 Å². The Hall–Kier alpha value is -2.40. The van der Waals surface area contributed by atoms with Crippen molar-refractivity contribution in [3.8, 4) is 0 Å². The molecule has 0 spiro atoms. The lowest BCUT2D eigenvalue weighted by molar-refractivity contribution is 0.102. The summed E-state index contributed by atoms with van der Waals surface area (Å²) in [5, 5.41) is 6.19. The maximum atomic E-state index is 12.3. The Bertz CT molecular complexity index is 670. The Morgan fingerprint density at radius 3 is 2.43 bits per heavy atom. The molecule has 1 aliphatic rings. The number of hydrogen-bond donors (Lipinski definition) is 2. The lowest BCUT2D eigenvalue weighted by Crippen LogP contribution is -2.43. The Labute approximate surface area is 136 Å². The quantitative estimate of drug-likeness (QED) is 0.914. The van der Waals surface area contributed by atoms with Crippen molar-refractivity contribution < 1.29 is 4.79 Å². The molecule has 1 aromatic heterocycles. The minimum atomic E-state index is -0.126. The molecule has 0 aliphatic carbocycles. The fraction of sp³-hybridized carbons (Fsp3) is 0.333. The molecule has 0 bridgehead atoms. The molecule has 0 saturated carbocycles. The molecule has 2 N–H and O–H groups in total. The summed E-state index contributed by atoms with van der Waals surface area (Å²) in [5.74, 6) is 0.451. The molecule has 0 atom stereocenters. The zero-order valence-corrected chi connectivity index (χ0v) is 13.6. The molecule has 2 aromatic rings. The van der Waals surface area contributed by atoms with E-state index in [-0.39, 0.29) is 5.91 Å². The zero-order valence-electron chi connectivity index (χ0n) is 13.6. The summed E-state index contributed by atoms with van der Waals surface area (Å²) in [7, 11) is 0. The summed E-state index contributed by atoms with van der Waals surface area (Å²) < 4.78 is 0. The van der Waals surface area contributed by atoms with Crippen LogP contribution in [0.15, 0.2) is 36.5 Å². The predicted octanol–water partition coefficient (Wildman–Crippen LogP) is 2.36. The van der Waals surface area contributed by atoms with Crippen LogP contribution in [0.4, 0.5) is 11.5 Å². The van der Waals surface area contributed by atoms with Crippen LogP contribution in [0, 0.1) is 13.8 Å². The van der Waals surface area contributed by atoms with Crippen molar-refractivity contribution in [1.29, 1.82) is 0 Å². The molecule has 23 heavy (non-hydrogen) atoms. The molecule has 0 radical (unpaired) electrons. The fourth-order valence-corrected chi connectivity index (χ4v) is 2.86. The summed E-state index contributed by atoms with van der Waals surface area (Å²) in [4.78, 5) is 19.0. The molecule has 5 heteroatoms. The minimum Gasteiger partial charge on any atom is -0.368 e. The number of anilines is 2. The number of aryl methyl sites for hydroxylation is 2. The fourth-order valence-electron chi connectivity index (χ4n) is 2.86. The van der Waals surface area contributed by atoms with Crippen LogP contribution >= 0.6 is 0 Å². The van der Waals surface area contributed by atoms with Crippen LogP contribution in [0.1, 0.15) is 21.5 Å². The third kappa shape index (κ3) is 3.87. The summed E-state index contributed by atoms with van der Waals surface area (Å²) >= 11 is 0. The van der Waals surface area contributed by atoms with Crippen LogP contribution in [0.25, 0.3) is 0 Å². The number of benzene rings is 1. The van der Waals surface area contributed by atoms with Crippen LogP contribution in [0.3, 0.4) is 0 Å². The van der Waals surface area contributed by atoms with Gasteiger partial charge in [-0.25, -0.2) is 4.98 Å². The lowest BCUT2D eigenvalue weighted by atomic mass is 10.1. The number of nitrogens with one attached hydrogen (secondary N) is 2. The Morgan fingerprint density at radius 2 is 1.83 bits per heavy atom. The van der Waals surface area contributed by atoms with E-state index in [9.17, 15) is 4.79 Å². The third-order valence-electron chi connectivity index (χ3n) is 3.96. The topological polar surface area (TPSA) is 57.3 Å². The number of aromatic nitrogens is 1. The molecule has 1 amide bonds. The number of carbonyl (C=O) groups is 1. The van der Waals surface area contributed by atoms with E-state index in [0.29, 0.717) is 11.4 Å². The number of hydrogen-bond acceptors (Lipinski definition) is 4. The normalized spacial score (nSPS) is 14.6. The highest BCUT2D eigenvalue weighted by atomic mass is 16.1. The van der Waals surface area contributed by atoms with Gasteiger partial charge in [0.15, 0.2) is 0 Å². The number of carbonyl (C=O) groups excluding carboxylic acids is 1. The highest BCUT2D eigenvalue weighted by Gasteiger charge is 2.12. The van der Waals surface area contributed by atoms with E-state index >= 15 is 0 Å². The van der Waals surface area contributed by atoms with Crippen molar-refractivity contribution in [2.75, 3.05) is 36.4 Å². The Morgan fingerprint density at radius 1 is 1.13 bits per heavy atom. The summed E-state index contributed by atoms with van der Waals surface area (Å²) in [6.45, 7) is 7.93. The van der Waals surface area contributed by atoms with Gasteiger partial charge < -0.3 is 15.5 Å². The predicted molar refractivity (Wildman–Crippen MR) is 93.2 cm³/mol. The first-order valence-electron chi connectivity index (χ1n) is 7.93. The molecule has 2 heterocycles. The number of pyridine rings is 1. The number of rotatable bonds is 3. The molecule has 120 valence electrons. The van der Waals surface area contributed by atoms with Gasteiger partial charge in [-0.15, -0.1) is 0 Å². The molecule has 5 nitrogen and oxygen atoms in total. The van der Waals surface area contributed by atoms with Gasteiger partial charge in [0.25, 0.3) is 5.91 Å². The second kappa shape index (κ2) is 6.79. The van der Waals surface area contributed by atoms with Crippen molar-refractivity contribution in [3.05, 3.63) is 53.2 Å². The zero-order chi connectivity index (χ0) is 16.2. The number of nitrogens with zero attached hydrogens (tertiary/aromatic N) is 2. The average molecular weight is 310 g/mol. The molecule has 1 aromatic carbocycles. The van der Waals surface area contributed by atoms with E-state index < -0.39 is 0 Å². The number of amides is 1. The summed E-state index contributed by atoms with van der Waals surface area (Å²) in [6.07, 6.45) is 1.82. The van der Waals surface area contributed by atoms with Crippen LogP contribution in [0.2, 0.25) is 0 Å². The SMILES string of the molecule is Cc1cc(C)cc(C(=O)Nc2ccc(N3CCNCC3)cn2)c1. The van der Waals surface area contributed by atoms with Crippen LogP contribution in [-0.2, 0) is 0 Å². The van der Waals surface area contributed by atoms with Gasteiger partial charge in [0.05, 0.1) is 11.9 Å². The first-order chi connectivity index (χ1) is 11.1. The van der Waals surface area contributed by atoms with E-state index in [1.807, 2.05) is 44.3 Å². The van der Waals surface area contributed by atoms with Crippen LogP contribution < -0.4 is 15.5 Å². The van der Waals surface area contributed by atoms with E-state index in [1.165, 1.54) is 0 Å². The second-order valence-electron chi connectivity index (χ2n) is 5.97. The maximum absolute atomic E-state index is 12.3. The summed E-state index contributed by atoms with van der Waals surface area (Å²) in [5.41, 5.74) is 3.92. The highest BCUT2D eigenvalue weighted by Crippen LogP contribution is 2.16. The molecule has 0 unspecified atom stereocenters. The second-order valence-corrected chi connectivity index (χ2v) is 5.97. The Kier molecular flexibility index (Phi) is 4.57. The van der Waals surface area contributed by atoms with Crippen LogP contribution in [0.5, 0.6) is 0 Å². The monoisotopic (exact) mass is 310 g/mol. The standard InChI is InChI=1S/C18H22N4O/c1-13-9-14(2)11-15(10-13)18(23)21-17-4-3-16(12-20-17)22-7-5-19-6-8-22/h3-4,9-12,19H,5-8H2,1-2H3,(H,20,21,23). The first-order valence-corrected chi connectivity index (χ1v) is 7.93. The lowest BCUT2D eigenvalue weighted by Gasteiger charge is -2.29. The maximum Gasteiger partial charge on any atom is 0.256 e. The third-order valence-corrected chi connectivity index (χ3v) is 3.96. The van der Waals surface area contributed by atoms with E-state index in [1.54, 1.807) is 0 Å². The van der Waals surface area contributed by atoms with Gasteiger partial charge in [0.2, 0.25) is 0 Å². The van der Waals surface area contributed by atoms with Gasteiger partial charge in [-0.2, -0.15) is 0 Å². The molecular formula is C18H22N4O. The van der Waals surface area contributed by atoms with Crippen molar-refractivity contribution >= 4 is 17.4 Å². The Balaban J connectivity index is 1.68. The van der Waals surface area contributed by atoms with E-state index in [4.69, 9.17) is 0 Å². The molecule has 3 rings (SSSR count). The first kappa shape index (κ1) is 15.5. The number of piperazine rings is 1. The molecule has 1 saturated heterocycles. The summed E-state index contributed by atoms with van der Waals surface area (Å²) in [6, 6.07) is 9.69. The van der Waals surface area contributed by atoms with Gasteiger partial charge in [0, 0.05) is 31.7 Å². The highest BCUT2D eigenvalue weighted by molar-refractivity contribution is 6.04. The smallest absolute Gasteiger partial charge is 0.256 e. The van der Waals surface area contributed by atoms with Gasteiger partial charge in [-0.1, -0.05) is 17.2 Å². The average Bonchev–Trinajstić information content (AvgIpc) is 2.55. The minimum absolute atomic E-state index is 0.126. The van der Waals surface area contributed by atoms with E-state index in [2.05, 4.69) is 26.6 Å². The van der Waals surface area contributed by atoms with Gasteiger partial charge in [0.1, 0.15) is 5.82 Å². The van der Waals surface area contributed by atoms with Crippen molar-refractivity contribution in [2.45, 2.75) is 13.8 Å². The molecule has 1 fully saturated rings. The van der Waals surface area contributed by atoms with Crippen LogP contribution in [-0.4, -0.2) is 37.1 Å². The van der Waals surface area contributed by atoms with Crippen molar-refractivity contribution in [3.63, 3.8) is 0 Å².